The number of sulfonamides is 1. The lowest BCUT2D eigenvalue weighted by Gasteiger charge is -2.25. The van der Waals surface area contributed by atoms with Gasteiger partial charge in [0.1, 0.15) is 4.90 Å². The average molecular weight is 434 g/mol. The topological polar surface area (TPSA) is 70.6 Å². The average Bonchev–Trinajstić information content (AvgIpc) is 2.75. The van der Waals surface area contributed by atoms with Gasteiger partial charge in [-0.2, -0.15) is 4.31 Å². The summed E-state index contributed by atoms with van der Waals surface area (Å²) < 4.78 is 27.0. The van der Waals surface area contributed by atoms with Crippen molar-refractivity contribution in [3.63, 3.8) is 0 Å². The van der Waals surface area contributed by atoms with Crippen molar-refractivity contribution < 1.29 is 13.2 Å². The van der Waals surface area contributed by atoms with Crippen molar-refractivity contribution in [2.45, 2.75) is 47.9 Å². The van der Waals surface area contributed by atoms with E-state index in [9.17, 15) is 13.2 Å². The fraction of sp³-hybridized carbons (Fsp3) is 0.429. The summed E-state index contributed by atoms with van der Waals surface area (Å²) in [5.41, 5.74) is 1.07. The van der Waals surface area contributed by atoms with Crippen molar-refractivity contribution in [1.82, 2.24) is 14.2 Å². The lowest BCUT2D eigenvalue weighted by Crippen LogP contribution is -2.35. The van der Waals surface area contributed by atoms with Crippen LogP contribution in [0.1, 0.15) is 31.7 Å². The van der Waals surface area contributed by atoms with E-state index in [1.54, 1.807) is 24.1 Å². The first kappa shape index (κ1) is 21.8. The van der Waals surface area contributed by atoms with Crippen molar-refractivity contribution in [1.29, 1.82) is 0 Å². The Morgan fingerprint density at radius 3 is 2.45 bits per heavy atom. The second-order valence-electron chi connectivity index (χ2n) is 7.24. The maximum Gasteiger partial charge on any atom is 0.244 e. The van der Waals surface area contributed by atoms with Crippen LogP contribution in [0.4, 0.5) is 0 Å². The van der Waals surface area contributed by atoms with Gasteiger partial charge in [0, 0.05) is 32.9 Å². The molecular weight excluding hydrogens is 406 g/mol. The monoisotopic (exact) mass is 433 g/mol. The van der Waals surface area contributed by atoms with Crippen molar-refractivity contribution in [3.8, 4) is 0 Å². The molecule has 156 valence electrons. The van der Waals surface area contributed by atoms with Gasteiger partial charge in [0.25, 0.3) is 0 Å². The van der Waals surface area contributed by atoms with Crippen molar-refractivity contribution in [2.24, 2.45) is 0 Å². The smallest absolute Gasteiger partial charge is 0.244 e. The molecule has 6 nitrogen and oxygen atoms in total. The van der Waals surface area contributed by atoms with Gasteiger partial charge in [0.15, 0.2) is 0 Å². The molecule has 1 aromatic heterocycles. The Bertz CT molecular complexity index is 912. The van der Waals surface area contributed by atoms with Gasteiger partial charge < -0.3 is 4.90 Å². The summed E-state index contributed by atoms with van der Waals surface area (Å²) >= 11 is 1.33. The number of thioether (sulfide) groups is 1. The zero-order valence-electron chi connectivity index (χ0n) is 16.8. The van der Waals surface area contributed by atoms with Gasteiger partial charge in [-0.25, -0.2) is 13.4 Å². The highest BCUT2D eigenvalue weighted by atomic mass is 32.2. The summed E-state index contributed by atoms with van der Waals surface area (Å²) in [6.45, 7) is 3.52. The number of carbonyl (C=O) groups excluding carboxylic acids is 1. The van der Waals surface area contributed by atoms with E-state index in [1.165, 1.54) is 22.3 Å². The van der Waals surface area contributed by atoms with E-state index >= 15 is 0 Å². The van der Waals surface area contributed by atoms with Gasteiger partial charge in [0.2, 0.25) is 15.9 Å². The minimum atomic E-state index is -3.49. The van der Waals surface area contributed by atoms with Crippen LogP contribution in [0, 0.1) is 0 Å². The number of pyridine rings is 1. The molecule has 0 bridgehead atoms. The van der Waals surface area contributed by atoms with Gasteiger partial charge in [-0.15, -0.1) is 0 Å². The summed E-state index contributed by atoms with van der Waals surface area (Å²) in [6, 6.07) is 13.1. The second-order valence-corrected chi connectivity index (χ2v) is 10.5. The summed E-state index contributed by atoms with van der Waals surface area (Å²) in [7, 11) is -1.70. The van der Waals surface area contributed by atoms with E-state index < -0.39 is 10.0 Å². The number of hydrogen-bond donors (Lipinski definition) is 0. The molecule has 0 aliphatic carbocycles. The molecule has 0 N–H and O–H groups in total. The van der Waals surface area contributed by atoms with E-state index in [2.05, 4.69) is 4.98 Å². The highest BCUT2D eigenvalue weighted by Gasteiger charge is 2.26. The summed E-state index contributed by atoms with van der Waals surface area (Å²) in [5.74, 6) is 0.00525. The van der Waals surface area contributed by atoms with Crippen LogP contribution in [0.2, 0.25) is 0 Å². The largest absolute Gasteiger partial charge is 0.340 e. The third-order valence-corrected chi connectivity index (χ3v) is 7.87. The lowest BCUT2D eigenvalue weighted by molar-refractivity contribution is -0.129. The van der Waals surface area contributed by atoms with Crippen LogP contribution in [-0.2, 0) is 21.4 Å². The first-order valence-corrected chi connectivity index (χ1v) is 12.1. The summed E-state index contributed by atoms with van der Waals surface area (Å²) in [5, 5.41) is 0.317. The first-order valence-electron chi connectivity index (χ1n) is 9.79. The van der Waals surface area contributed by atoms with E-state index in [0.717, 1.165) is 24.8 Å². The van der Waals surface area contributed by atoms with Gasteiger partial charge >= 0.3 is 0 Å². The van der Waals surface area contributed by atoms with Crippen LogP contribution >= 0.6 is 11.8 Å². The molecule has 0 radical (unpaired) electrons. The molecule has 1 atom stereocenters. The third-order valence-electron chi connectivity index (χ3n) is 4.95. The molecule has 1 aromatic carbocycles. The number of piperidine rings is 1. The van der Waals surface area contributed by atoms with Crippen LogP contribution in [0.5, 0.6) is 0 Å². The number of hydrogen-bond acceptors (Lipinski definition) is 5. The molecule has 1 aliphatic rings. The predicted molar refractivity (Wildman–Crippen MR) is 115 cm³/mol. The van der Waals surface area contributed by atoms with Crippen molar-refractivity contribution in [2.75, 3.05) is 20.1 Å². The molecule has 3 rings (SSSR count). The zero-order valence-corrected chi connectivity index (χ0v) is 18.5. The highest BCUT2D eigenvalue weighted by molar-refractivity contribution is 8.00. The SMILES string of the molecule is CC(Sc1ccc(S(=O)(=O)N2CCCCC2)cn1)C(=O)N(C)Cc1ccccc1. The van der Waals surface area contributed by atoms with Gasteiger partial charge in [0.05, 0.1) is 10.3 Å². The molecule has 1 unspecified atom stereocenters. The molecular formula is C21H27N3O3S2. The summed E-state index contributed by atoms with van der Waals surface area (Å²) in [4.78, 5) is 18.9. The first-order chi connectivity index (χ1) is 13.9. The molecule has 29 heavy (non-hydrogen) atoms. The maximum absolute atomic E-state index is 12.7. The molecule has 8 heteroatoms. The zero-order chi connectivity index (χ0) is 20.9. The number of aromatic nitrogens is 1. The number of nitrogens with zero attached hydrogens (tertiary/aromatic N) is 3. The number of amides is 1. The number of benzene rings is 1. The van der Waals surface area contributed by atoms with Crippen LogP contribution < -0.4 is 0 Å². The van der Waals surface area contributed by atoms with Gasteiger partial charge in [-0.3, -0.25) is 4.79 Å². The molecule has 0 saturated carbocycles. The second kappa shape index (κ2) is 9.73. The lowest BCUT2D eigenvalue weighted by atomic mass is 10.2. The van der Waals surface area contributed by atoms with E-state index in [0.29, 0.717) is 24.7 Å². The standard InChI is InChI=1S/C21H27N3O3S2/c1-17(21(25)23(2)16-18-9-5-3-6-10-18)28-20-12-11-19(15-22-20)29(26,27)24-13-7-4-8-14-24/h3,5-6,9-12,15,17H,4,7-8,13-14,16H2,1-2H3. The Balaban J connectivity index is 1.60. The molecule has 2 heterocycles. The number of rotatable bonds is 7. The minimum absolute atomic E-state index is 0.00525. The highest BCUT2D eigenvalue weighted by Crippen LogP contribution is 2.25. The van der Waals surface area contributed by atoms with E-state index in [4.69, 9.17) is 0 Å². The third kappa shape index (κ3) is 5.58. The Hall–Kier alpha value is -1.90. The molecule has 1 fully saturated rings. The van der Waals surface area contributed by atoms with Crippen LogP contribution in [0.25, 0.3) is 0 Å². The normalized spacial score (nSPS) is 16.3. The summed E-state index contributed by atoms with van der Waals surface area (Å²) in [6.07, 6.45) is 4.27. The molecule has 1 saturated heterocycles. The molecule has 1 amide bonds. The number of carbonyl (C=O) groups is 1. The minimum Gasteiger partial charge on any atom is -0.340 e. The van der Waals surface area contributed by atoms with Gasteiger partial charge in [-0.05, 0) is 37.5 Å². The molecule has 2 aromatic rings. The van der Waals surface area contributed by atoms with Crippen LogP contribution in [0.3, 0.4) is 0 Å². The van der Waals surface area contributed by atoms with Gasteiger partial charge in [-0.1, -0.05) is 48.5 Å². The fourth-order valence-electron chi connectivity index (χ4n) is 3.32. The molecule has 1 aliphatic heterocycles. The Kier molecular flexibility index (Phi) is 7.32. The van der Waals surface area contributed by atoms with Crippen LogP contribution in [-0.4, -0.2) is 53.9 Å². The Morgan fingerprint density at radius 2 is 1.83 bits per heavy atom. The Morgan fingerprint density at radius 1 is 1.14 bits per heavy atom. The Labute approximate surface area is 177 Å². The molecule has 0 spiro atoms. The van der Waals surface area contributed by atoms with E-state index in [1.807, 2.05) is 37.3 Å². The van der Waals surface area contributed by atoms with Crippen LogP contribution in [0.15, 0.2) is 58.6 Å². The predicted octanol–water partition coefficient (Wildman–Crippen LogP) is 3.40. The maximum atomic E-state index is 12.7. The van der Waals surface area contributed by atoms with Crippen molar-refractivity contribution in [3.05, 3.63) is 54.2 Å². The van der Waals surface area contributed by atoms with E-state index in [-0.39, 0.29) is 16.1 Å². The quantitative estimate of drug-likeness (QED) is 0.626. The fourth-order valence-corrected chi connectivity index (χ4v) is 5.69. The van der Waals surface area contributed by atoms with Crippen molar-refractivity contribution >= 4 is 27.7 Å².